The van der Waals surface area contributed by atoms with E-state index in [-0.39, 0.29) is 18.0 Å². The highest BCUT2D eigenvalue weighted by Gasteiger charge is 2.51. The highest BCUT2D eigenvalue weighted by molar-refractivity contribution is 5.81. The Morgan fingerprint density at radius 3 is 1.65 bits per heavy atom. The van der Waals surface area contributed by atoms with Crippen LogP contribution in [0.25, 0.3) is 0 Å². The Morgan fingerprint density at radius 2 is 1.18 bits per heavy atom. The van der Waals surface area contributed by atoms with Crippen molar-refractivity contribution in [2.24, 2.45) is 46.2 Å². The van der Waals surface area contributed by atoms with Crippen LogP contribution >= 0.6 is 0 Å². The molecular weight excluding hydrogens is 608 g/mol. The monoisotopic (exact) mass is 693 g/mol. The van der Waals surface area contributed by atoms with E-state index < -0.39 is 23.0 Å². The standard InChI is InChI=1S/C43H84N2O4/c1-33(2)20-15-21-35(5)22-16-23-36(6)24-17-25-37(7)27-28-38(49-39(46)26-18-30-45(13)14)42(10,11)43(12,44)40(47)48-31-19-29-41(8,9)32-34(3)4/h19,29,33-38H,15-18,20-28,30-32,44H2,1-14H3/b29-19+. The third kappa shape index (κ3) is 21.5. The molecule has 0 spiro atoms. The Morgan fingerprint density at radius 1 is 0.694 bits per heavy atom. The average molecular weight is 693 g/mol. The van der Waals surface area contributed by atoms with Crippen LogP contribution in [0.1, 0.15) is 173 Å². The molecule has 0 amide bonds. The molecule has 0 radical (unpaired) electrons. The Kier molecular flexibility index (Phi) is 23.3. The summed E-state index contributed by atoms with van der Waals surface area (Å²) in [7, 11) is 4.00. The average Bonchev–Trinajstić information content (AvgIpc) is 2.96. The summed E-state index contributed by atoms with van der Waals surface area (Å²) < 4.78 is 11.9. The molecule has 290 valence electrons. The molecule has 5 atom stereocenters. The summed E-state index contributed by atoms with van der Waals surface area (Å²) in [4.78, 5) is 28.6. The number of hydrogen-bond donors (Lipinski definition) is 1. The van der Waals surface area contributed by atoms with Crippen molar-refractivity contribution >= 4 is 11.9 Å². The van der Waals surface area contributed by atoms with Crippen molar-refractivity contribution in [2.45, 2.75) is 185 Å². The van der Waals surface area contributed by atoms with Crippen molar-refractivity contribution < 1.29 is 19.1 Å². The van der Waals surface area contributed by atoms with E-state index in [0.717, 1.165) is 50.0 Å². The fraction of sp³-hybridized carbons (Fsp3) is 0.907. The first-order valence-electron chi connectivity index (χ1n) is 20.1. The van der Waals surface area contributed by atoms with E-state index in [4.69, 9.17) is 15.2 Å². The van der Waals surface area contributed by atoms with Gasteiger partial charge in [0.15, 0.2) is 0 Å². The first-order valence-corrected chi connectivity index (χ1v) is 20.1. The smallest absolute Gasteiger partial charge is 0.326 e. The van der Waals surface area contributed by atoms with Crippen molar-refractivity contribution in [3.63, 3.8) is 0 Å². The van der Waals surface area contributed by atoms with Crippen molar-refractivity contribution in [3.8, 4) is 0 Å². The molecule has 0 aliphatic carbocycles. The third-order valence-electron chi connectivity index (χ3n) is 10.8. The highest BCUT2D eigenvalue weighted by atomic mass is 16.5. The summed E-state index contributed by atoms with van der Waals surface area (Å²) in [5.74, 6) is 2.79. The molecule has 0 fully saturated rings. The van der Waals surface area contributed by atoms with Crippen LogP contribution in [0.3, 0.4) is 0 Å². The van der Waals surface area contributed by atoms with E-state index in [1.54, 1.807) is 6.92 Å². The highest BCUT2D eigenvalue weighted by Crippen LogP contribution is 2.39. The number of nitrogens with two attached hydrogens (primary N) is 1. The number of nitrogens with zero attached hydrogens (tertiary/aromatic N) is 1. The number of rotatable bonds is 28. The van der Waals surface area contributed by atoms with Gasteiger partial charge in [0.2, 0.25) is 0 Å². The Labute approximate surface area is 305 Å². The maximum absolute atomic E-state index is 13.5. The molecular formula is C43H84N2O4. The maximum atomic E-state index is 13.5. The predicted octanol–water partition coefficient (Wildman–Crippen LogP) is 11.0. The van der Waals surface area contributed by atoms with Crippen LogP contribution in [0.15, 0.2) is 12.2 Å². The zero-order valence-corrected chi connectivity index (χ0v) is 35.1. The van der Waals surface area contributed by atoms with E-state index in [9.17, 15) is 9.59 Å². The van der Waals surface area contributed by atoms with E-state index in [1.165, 1.54) is 51.4 Å². The van der Waals surface area contributed by atoms with Gasteiger partial charge in [-0.1, -0.05) is 146 Å². The van der Waals surface area contributed by atoms with Gasteiger partial charge in [-0.25, -0.2) is 0 Å². The SMILES string of the molecule is CC(C)CCCC(C)CCCC(C)CCCC(C)CCC(OC(=O)CCCN(C)C)C(C)(C)C(C)(N)C(=O)OC/C=C/C(C)(C)CC(C)C. The molecule has 0 aliphatic rings. The number of esters is 2. The topological polar surface area (TPSA) is 81.9 Å². The number of hydrogen-bond acceptors (Lipinski definition) is 6. The van der Waals surface area contributed by atoms with E-state index in [0.29, 0.717) is 24.7 Å². The second-order valence-corrected chi connectivity index (χ2v) is 18.5. The molecule has 6 nitrogen and oxygen atoms in total. The van der Waals surface area contributed by atoms with Crippen LogP contribution in [0, 0.1) is 40.4 Å². The summed E-state index contributed by atoms with van der Waals surface area (Å²) in [5.41, 5.74) is 4.66. The van der Waals surface area contributed by atoms with Crippen LogP contribution in [0.5, 0.6) is 0 Å². The number of ether oxygens (including phenoxy) is 2. The molecule has 2 N–H and O–H groups in total. The second-order valence-electron chi connectivity index (χ2n) is 18.5. The zero-order valence-electron chi connectivity index (χ0n) is 35.1. The van der Waals surface area contributed by atoms with Gasteiger partial charge in [0, 0.05) is 11.8 Å². The Bertz CT molecular complexity index is 921. The summed E-state index contributed by atoms with van der Waals surface area (Å²) >= 11 is 0. The van der Waals surface area contributed by atoms with Gasteiger partial charge in [-0.2, -0.15) is 0 Å². The van der Waals surface area contributed by atoms with Crippen molar-refractivity contribution in [1.29, 1.82) is 0 Å². The van der Waals surface area contributed by atoms with Gasteiger partial charge in [-0.15, -0.1) is 0 Å². The van der Waals surface area contributed by atoms with Gasteiger partial charge in [0.05, 0.1) is 0 Å². The van der Waals surface area contributed by atoms with Crippen molar-refractivity contribution in [1.82, 2.24) is 4.90 Å². The number of carbonyl (C=O) groups is 2. The van der Waals surface area contributed by atoms with Gasteiger partial charge < -0.3 is 20.1 Å². The molecule has 0 aromatic heterocycles. The van der Waals surface area contributed by atoms with Gasteiger partial charge in [-0.3, -0.25) is 9.59 Å². The Balaban J connectivity index is 5.22. The molecule has 0 heterocycles. The normalized spacial score (nSPS) is 16.6. The molecule has 0 aromatic rings. The lowest BCUT2D eigenvalue weighted by molar-refractivity contribution is -0.169. The van der Waals surface area contributed by atoms with Gasteiger partial charge in [0.1, 0.15) is 18.2 Å². The Hall–Kier alpha value is -1.40. The van der Waals surface area contributed by atoms with Crippen LogP contribution in [0.4, 0.5) is 0 Å². The summed E-state index contributed by atoms with van der Waals surface area (Å²) in [6.07, 6.45) is 19.0. The first kappa shape index (κ1) is 47.6. The largest absolute Gasteiger partial charge is 0.462 e. The van der Waals surface area contributed by atoms with Gasteiger partial charge in [-0.05, 0) is 88.3 Å². The lowest BCUT2D eigenvalue weighted by Gasteiger charge is -2.44. The fourth-order valence-corrected chi connectivity index (χ4v) is 7.06. The first-order chi connectivity index (χ1) is 22.6. The maximum Gasteiger partial charge on any atom is 0.326 e. The van der Waals surface area contributed by atoms with Crippen LogP contribution in [-0.2, 0) is 19.1 Å². The minimum atomic E-state index is -1.34. The minimum Gasteiger partial charge on any atom is -0.462 e. The molecule has 0 saturated heterocycles. The third-order valence-corrected chi connectivity index (χ3v) is 10.8. The van der Waals surface area contributed by atoms with Gasteiger partial charge >= 0.3 is 11.9 Å². The molecule has 0 aromatic carbocycles. The van der Waals surface area contributed by atoms with E-state index in [1.807, 2.05) is 34.0 Å². The predicted molar refractivity (Wildman–Crippen MR) is 210 cm³/mol. The minimum absolute atomic E-state index is 0.0256. The molecule has 6 heteroatoms. The molecule has 5 unspecified atom stereocenters. The quantitative estimate of drug-likeness (QED) is 0.0649. The summed E-state index contributed by atoms with van der Waals surface area (Å²) in [6.45, 7) is 27.2. The molecule has 0 aliphatic heterocycles. The van der Waals surface area contributed by atoms with E-state index >= 15 is 0 Å². The fourth-order valence-electron chi connectivity index (χ4n) is 7.06. The molecule has 0 rings (SSSR count). The van der Waals surface area contributed by atoms with Crippen molar-refractivity contribution in [3.05, 3.63) is 12.2 Å². The lowest BCUT2D eigenvalue weighted by atomic mass is 9.68. The van der Waals surface area contributed by atoms with Crippen LogP contribution in [-0.4, -0.2) is 55.7 Å². The van der Waals surface area contributed by atoms with Crippen LogP contribution in [0.2, 0.25) is 0 Å². The number of carbonyl (C=O) groups excluding carboxylic acids is 2. The lowest BCUT2D eigenvalue weighted by Crippen LogP contribution is -2.62. The van der Waals surface area contributed by atoms with E-state index in [2.05, 4.69) is 73.3 Å². The second kappa shape index (κ2) is 24.0. The van der Waals surface area contributed by atoms with Crippen LogP contribution < -0.4 is 5.73 Å². The zero-order chi connectivity index (χ0) is 37.8. The van der Waals surface area contributed by atoms with Crippen molar-refractivity contribution in [2.75, 3.05) is 27.2 Å². The molecule has 0 bridgehead atoms. The number of allylic oxidation sites excluding steroid dienone is 1. The van der Waals surface area contributed by atoms with Gasteiger partial charge in [0.25, 0.3) is 0 Å². The molecule has 49 heavy (non-hydrogen) atoms. The summed E-state index contributed by atoms with van der Waals surface area (Å²) in [5, 5.41) is 0. The summed E-state index contributed by atoms with van der Waals surface area (Å²) in [6, 6.07) is 0. The molecule has 0 saturated carbocycles.